The van der Waals surface area contributed by atoms with Crippen LogP contribution in [0.3, 0.4) is 0 Å². The Balaban J connectivity index is 2.10. The molecule has 0 aliphatic carbocycles. The van der Waals surface area contributed by atoms with Crippen LogP contribution in [0.4, 0.5) is 0 Å². The van der Waals surface area contributed by atoms with Crippen LogP contribution in [-0.2, 0) is 9.47 Å². The van der Waals surface area contributed by atoms with E-state index in [-0.39, 0.29) is 11.1 Å². The van der Waals surface area contributed by atoms with Gasteiger partial charge >= 0.3 is 0 Å². The van der Waals surface area contributed by atoms with Crippen LogP contribution in [0, 0.1) is 5.92 Å². The molecule has 0 aromatic heterocycles. The zero-order valence-corrected chi connectivity index (χ0v) is 13.9. The summed E-state index contributed by atoms with van der Waals surface area (Å²) < 4.78 is 11.4. The Bertz CT molecular complexity index is 316. The maximum absolute atomic E-state index is 5.84. The Morgan fingerprint density at radius 1 is 1.45 bits per heavy atom. The maximum Gasteiger partial charge on any atom is 0.106 e. The lowest BCUT2D eigenvalue weighted by atomic mass is 9.88. The molecule has 4 nitrogen and oxygen atoms in total. The average Bonchev–Trinajstić information content (AvgIpc) is 2.88. The molecule has 2 aliphatic heterocycles. The highest BCUT2D eigenvalue weighted by atomic mass is 16.5. The van der Waals surface area contributed by atoms with Crippen LogP contribution in [0.5, 0.6) is 0 Å². The smallest absolute Gasteiger partial charge is 0.106 e. The number of piperazine rings is 1. The van der Waals surface area contributed by atoms with E-state index in [9.17, 15) is 0 Å². The standard InChI is InChI=1S/C16H32N2O2/c1-6-15(4)10-18(14(9-17-15)13(2)3)11-16(19-5)7-8-20-12-16/h13-14,17H,6-12H2,1-5H3. The summed E-state index contributed by atoms with van der Waals surface area (Å²) in [6, 6.07) is 0.585. The van der Waals surface area contributed by atoms with Crippen LogP contribution in [0.25, 0.3) is 0 Å². The van der Waals surface area contributed by atoms with Crippen LogP contribution in [0.1, 0.15) is 40.5 Å². The SMILES string of the molecule is CCC1(C)CN(CC2(OC)CCOC2)C(C(C)C)CN1. The second kappa shape index (κ2) is 6.30. The van der Waals surface area contributed by atoms with Crippen molar-refractivity contribution < 1.29 is 9.47 Å². The van der Waals surface area contributed by atoms with E-state index in [4.69, 9.17) is 9.47 Å². The Labute approximate surface area is 124 Å². The Morgan fingerprint density at radius 2 is 2.20 bits per heavy atom. The fourth-order valence-corrected chi connectivity index (χ4v) is 3.48. The molecule has 118 valence electrons. The predicted octanol–water partition coefficient (Wildman–Crippen LogP) is 1.89. The molecule has 0 spiro atoms. The fraction of sp³-hybridized carbons (Fsp3) is 1.00. The van der Waals surface area contributed by atoms with Crippen LogP contribution in [0.15, 0.2) is 0 Å². The molecule has 2 heterocycles. The van der Waals surface area contributed by atoms with Crippen molar-refractivity contribution in [2.24, 2.45) is 5.92 Å². The topological polar surface area (TPSA) is 33.7 Å². The summed E-state index contributed by atoms with van der Waals surface area (Å²) in [4.78, 5) is 2.64. The summed E-state index contributed by atoms with van der Waals surface area (Å²) in [5, 5.41) is 3.75. The molecular weight excluding hydrogens is 252 g/mol. The molecule has 2 aliphatic rings. The van der Waals surface area contributed by atoms with Crippen molar-refractivity contribution >= 4 is 0 Å². The van der Waals surface area contributed by atoms with E-state index in [0.29, 0.717) is 12.0 Å². The molecule has 0 aromatic carbocycles. The van der Waals surface area contributed by atoms with Gasteiger partial charge in [-0.1, -0.05) is 20.8 Å². The summed E-state index contributed by atoms with van der Waals surface area (Å²) in [6.07, 6.45) is 2.17. The predicted molar refractivity (Wildman–Crippen MR) is 82.1 cm³/mol. The highest BCUT2D eigenvalue weighted by Crippen LogP contribution is 2.29. The molecule has 0 bridgehead atoms. The van der Waals surface area contributed by atoms with E-state index in [0.717, 1.165) is 45.7 Å². The van der Waals surface area contributed by atoms with Crippen LogP contribution >= 0.6 is 0 Å². The van der Waals surface area contributed by atoms with Gasteiger partial charge in [0.05, 0.1) is 6.61 Å². The minimum Gasteiger partial charge on any atom is -0.378 e. The van der Waals surface area contributed by atoms with Gasteiger partial charge in [-0.3, -0.25) is 4.90 Å². The van der Waals surface area contributed by atoms with Gasteiger partial charge in [0.25, 0.3) is 0 Å². The number of nitrogens with one attached hydrogen (secondary N) is 1. The van der Waals surface area contributed by atoms with E-state index in [1.54, 1.807) is 0 Å². The first-order valence-electron chi connectivity index (χ1n) is 8.06. The lowest BCUT2D eigenvalue weighted by molar-refractivity contribution is -0.0661. The Morgan fingerprint density at radius 3 is 2.70 bits per heavy atom. The Hall–Kier alpha value is -0.160. The zero-order valence-electron chi connectivity index (χ0n) is 13.9. The number of hydrogen-bond acceptors (Lipinski definition) is 4. The minimum atomic E-state index is -0.0981. The number of nitrogens with zero attached hydrogens (tertiary/aromatic N) is 1. The van der Waals surface area contributed by atoms with Gasteiger partial charge in [-0.2, -0.15) is 0 Å². The van der Waals surface area contributed by atoms with Gasteiger partial charge in [0.2, 0.25) is 0 Å². The summed E-state index contributed by atoms with van der Waals surface area (Å²) in [6.45, 7) is 14.0. The lowest BCUT2D eigenvalue weighted by Gasteiger charge is -2.49. The summed E-state index contributed by atoms with van der Waals surface area (Å²) in [5.41, 5.74) is 0.124. The number of rotatable bonds is 5. The second-order valence-corrected chi connectivity index (χ2v) is 7.20. The first kappa shape index (κ1) is 16.2. The molecule has 3 unspecified atom stereocenters. The third kappa shape index (κ3) is 3.35. The van der Waals surface area contributed by atoms with E-state index in [1.165, 1.54) is 0 Å². The van der Waals surface area contributed by atoms with Gasteiger partial charge in [-0.15, -0.1) is 0 Å². The van der Waals surface area contributed by atoms with Crippen LogP contribution < -0.4 is 5.32 Å². The largest absolute Gasteiger partial charge is 0.378 e. The van der Waals surface area contributed by atoms with Crippen molar-refractivity contribution in [2.45, 2.75) is 57.7 Å². The normalized spacial score (nSPS) is 39.6. The average molecular weight is 284 g/mol. The lowest BCUT2D eigenvalue weighted by Crippen LogP contribution is -2.66. The monoisotopic (exact) mass is 284 g/mol. The molecule has 2 fully saturated rings. The molecule has 1 N–H and O–H groups in total. The van der Waals surface area contributed by atoms with Crippen molar-refractivity contribution in [2.75, 3.05) is 40.0 Å². The quantitative estimate of drug-likeness (QED) is 0.836. The van der Waals surface area contributed by atoms with Crippen LogP contribution in [-0.4, -0.2) is 62.0 Å². The molecule has 2 rings (SSSR count). The molecule has 3 atom stereocenters. The van der Waals surface area contributed by atoms with Gasteiger partial charge in [0.15, 0.2) is 0 Å². The van der Waals surface area contributed by atoms with E-state index >= 15 is 0 Å². The first-order valence-corrected chi connectivity index (χ1v) is 8.06. The number of ether oxygens (including phenoxy) is 2. The molecule has 0 saturated carbocycles. The van der Waals surface area contributed by atoms with Gasteiger partial charge in [0, 0.05) is 51.4 Å². The van der Waals surface area contributed by atoms with Crippen LogP contribution in [0.2, 0.25) is 0 Å². The molecule has 4 heteroatoms. The van der Waals surface area contributed by atoms with Gasteiger partial charge in [-0.05, 0) is 19.3 Å². The summed E-state index contributed by atoms with van der Waals surface area (Å²) >= 11 is 0. The first-order chi connectivity index (χ1) is 9.44. The third-order valence-corrected chi connectivity index (χ3v) is 5.30. The van der Waals surface area contributed by atoms with Crippen molar-refractivity contribution in [3.8, 4) is 0 Å². The zero-order chi connectivity index (χ0) is 14.8. The minimum absolute atomic E-state index is 0.0981. The van der Waals surface area contributed by atoms with Gasteiger partial charge in [-0.25, -0.2) is 0 Å². The maximum atomic E-state index is 5.84. The van der Waals surface area contributed by atoms with E-state index in [2.05, 4.69) is 37.9 Å². The van der Waals surface area contributed by atoms with Gasteiger partial charge < -0.3 is 14.8 Å². The molecule has 0 aromatic rings. The second-order valence-electron chi connectivity index (χ2n) is 7.20. The summed E-state index contributed by atoms with van der Waals surface area (Å²) in [5.74, 6) is 0.653. The Kier molecular flexibility index (Phi) is 5.11. The highest BCUT2D eigenvalue weighted by Gasteiger charge is 2.42. The molecule has 20 heavy (non-hydrogen) atoms. The van der Waals surface area contributed by atoms with Crippen molar-refractivity contribution in [3.05, 3.63) is 0 Å². The van der Waals surface area contributed by atoms with Gasteiger partial charge in [0.1, 0.15) is 5.60 Å². The van der Waals surface area contributed by atoms with E-state index < -0.39 is 0 Å². The number of hydrogen-bond donors (Lipinski definition) is 1. The van der Waals surface area contributed by atoms with Crippen molar-refractivity contribution in [1.29, 1.82) is 0 Å². The van der Waals surface area contributed by atoms with E-state index in [1.807, 2.05) is 7.11 Å². The highest BCUT2D eigenvalue weighted by molar-refractivity contribution is 4.99. The number of methoxy groups -OCH3 is 1. The molecular formula is C16H32N2O2. The molecule has 0 amide bonds. The van der Waals surface area contributed by atoms with Crippen molar-refractivity contribution in [1.82, 2.24) is 10.2 Å². The fourth-order valence-electron chi connectivity index (χ4n) is 3.48. The summed E-state index contributed by atoms with van der Waals surface area (Å²) in [7, 11) is 1.83. The molecule has 2 saturated heterocycles. The molecule has 0 radical (unpaired) electrons. The third-order valence-electron chi connectivity index (χ3n) is 5.30. The van der Waals surface area contributed by atoms with Crippen molar-refractivity contribution in [3.63, 3.8) is 0 Å².